The molecule has 1 heterocycles. The number of benzene rings is 1. The number of thioether (sulfide) groups is 1. The van der Waals surface area contributed by atoms with E-state index in [-0.39, 0.29) is 17.2 Å². The predicted molar refractivity (Wildman–Crippen MR) is 67.6 cm³/mol. The van der Waals surface area contributed by atoms with Gasteiger partial charge in [0.05, 0.1) is 11.3 Å². The number of rotatable bonds is 2. The van der Waals surface area contributed by atoms with E-state index in [1.807, 2.05) is 18.2 Å². The number of fused-ring (bicyclic) bond motifs is 1. The van der Waals surface area contributed by atoms with Crippen LogP contribution in [0.3, 0.4) is 0 Å². The van der Waals surface area contributed by atoms with Crippen LogP contribution >= 0.6 is 11.8 Å². The number of nitriles is 1. The number of carbonyl (C=O) groups excluding carboxylic acids is 1. The molecule has 1 aliphatic heterocycles. The molecular formula is C13H14N2OS. The predicted octanol–water partition coefficient (Wildman–Crippen LogP) is 2.07. The summed E-state index contributed by atoms with van der Waals surface area (Å²) in [6, 6.07) is 9.80. The van der Waals surface area contributed by atoms with Crippen LogP contribution in [-0.2, 0) is 11.2 Å². The molecule has 2 atom stereocenters. The quantitative estimate of drug-likeness (QED) is 0.802. The average molecular weight is 246 g/mol. The Labute approximate surface area is 105 Å². The molecule has 88 valence electrons. The van der Waals surface area contributed by atoms with E-state index in [1.165, 1.54) is 15.4 Å². The maximum Gasteiger partial charge on any atom is 0.237 e. The molecule has 1 amide bonds. The van der Waals surface area contributed by atoms with E-state index in [2.05, 4.69) is 12.1 Å². The molecule has 0 aliphatic carbocycles. The molecule has 0 fully saturated rings. The van der Waals surface area contributed by atoms with E-state index < -0.39 is 0 Å². The minimum absolute atomic E-state index is 0.0419. The van der Waals surface area contributed by atoms with Crippen LogP contribution in [0, 0.1) is 11.3 Å². The summed E-state index contributed by atoms with van der Waals surface area (Å²) < 4.78 is 0. The zero-order chi connectivity index (χ0) is 12.4. The summed E-state index contributed by atoms with van der Waals surface area (Å²) in [5, 5.41) is 8.74. The molecule has 0 saturated heterocycles. The van der Waals surface area contributed by atoms with Crippen LogP contribution in [0.1, 0.15) is 12.5 Å². The van der Waals surface area contributed by atoms with Gasteiger partial charge < -0.3 is 4.90 Å². The van der Waals surface area contributed by atoms with Crippen molar-refractivity contribution in [1.82, 2.24) is 4.90 Å². The minimum Gasteiger partial charge on any atom is -0.329 e. The molecule has 1 aromatic rings. The van der Waals surface area contributed by atoms with Gasteiger partial charge in [-0.2, -0.15) is 5.26 Å². The van der Waals surface area contributed by atoms with E-state index >= 15 is 0 Å². The third kappa shape index (κ3) is 2.29. The SMILES string of the molecule is CC(C#N)N(C)C(=O)C1Cc2ccccc2S1. The Hall–Kier alpha value is -1.47. The molecule has 3 nitrogen and oxygen atoms in total. The zero-order valence-electron chi connectivity index (χ0n) is 9.88. The first-order valence-electron chi connectivity index (χ1n) is 5.54. The highest BCUT2D eigenvalue weighted by atomic mass is 32.2. The van der Waals surface area contributed by atoms with E-state index in [0.717, 1.165) is 6.42 Å². The summed E-state index contributed by atoms with van der Waals surface area (Å²) in [5.74, 6) is 0.0419. The summed E-state index contributed by atoms with van der Waals surface area (Å²) in [6.45, 7) is 1.74. The van der Waals surface area contributed by atoms with Crippen molar-refractivity contribution in [2.24, 2.45) is 0 Å². The van der Waals surface area contributed by atoms with Gasteiger partial charge in [-0.3, -0.25) is 4.79 Å². The van der Waals surface area contributed by atoms with Crippen molar-refractivity contribution in [2.45, 2.75) is 29.5 Å². The third-order valence-corrected chi connectivity index (χ3v) is 4.34. The summed E-state index contributed by atoms with van der Waals surface area (Å²) in [4.78, 5) is 14.9. The highest BCUT2D eigenvalue weighted by Gasteiger charge is 2.31. The summed E-state index contributed by atoms with van der Waals surface area (Å²) in [5.41, 5.74) is 1.23. The fourth-order valence-corrected chi connectivity index (χ4v) is 3.12. The molecule has 17 heavy (non-hydrogen) atoms. The lowest BCUT2D eigenvalue weighted by Crippen LogP contribution is -2.39. The first kappa shape index (κ1) is 12.0. The van der Waals surface area contributed by atoms with Crippen molar-refractivity contribution in [3.05, 3.63) is 29.8 Å². The van der Waals surface area contributed by atoms with Crippen molar-refractivity contribution < 1.29 is 4.79 Å². The summed E-state index contributed by atoms with van der Waals surface area (Å²) >= 11 is 1.60. The standard InChI is InChI=1S/C13H14N2OS/c1-9(8-14)15(2)13(16)12-7-10-5-3-4-6-11(10)17-12/h3-6,9,12H,7H2,1-2H3. The average Bonchev–Trinajstić information content (AvgIpc) is 2.79. The fourth-order valence-electron chi connectivity index (χ4n) is 1.82. The van der Waals surface area contributed by atoms with Crippen LogP contribution in [-0.4, -0.2) is 29.1 Å². The number of nitrogens with zero attached hydrogens (tertiary/aromatic N) is 2. The second kappa shape index (κ2) is 4.80. The van der Waals surface area contributed by atoms with Gasteiger partial charge in [0.25, 0.3) is 0 Å². The van der Waals surface area contributed by atoms with Crippen molar-refractivity contribution in [2.75, 3.05) is 7.05 Å². The van der Waals surface area contributed by atoms with Crippen molar-refractivity contribution in [3.8, 4) is 6.07 Å². The Kier molecular flexibility index (Phi) is 3.39. The van der Waals surface area contributed by atoms with Gasteiger partial charge in [-0.05, 0) is 25.0 Å². The molecule has 0 spiro atoms. The van der Waals surface area contributed by atoms with Gasteiger partial charge in [0.2, 0.25) is 5.91 Å². The maximum atomic E-state index is 12.2. The van der Waals surface area contributed by atoms with Gasteiger partial charge in [-0.25, -0.2) is 0 Å². The Morgan fingerprint density at radius 1 is 1.59 bits per heavy atom. The largest absolute Gasteiger partial charge is 0.329 e. The second-order valence-corrected chi connectivity index (χ2v) is 5.42. The molecule has 2 unspecified atom stereocenters. The Morgan fingerprint density at radius 2 is 2.29 bits per heavy atom. The normalized spacial score (nSPS) is 19.2. The van der Waals surface area contributed by atoms with Gasteiger partial charge in [0.1, 0.15) is 6.04 Å². The van der Waals surface area contributed by atoms with Crippen molar-refractivity contribution >= 4 is 17.7 Å². The molecule has 4 heteroatoms. The Balaban J connectivity index is 2.09. The molecule has 1 aliphatic rings. The van der Waals surface area contributed by atoms with Crippen LogP contribution in [0.4, 0.5) is 0 Å². The van der Waals surface area contributed by atoms with Crippen molar-refractivity contribution in [3.63, 3.8) is 0 Å². The first-order chi connectivity index (χ1) is 8.13. The summed E-state index contributed by atoms with van der Waals surface area (Å²) in [6.07, 6.45) is 0.766. The van der Waals surface area contributed by atoms with Gasteiger partial charge in [0, 0.05) is 11.9 Å². The Morgan fingerprint density at radius 3 is 2.94 bits per heavy atom. The topological polar surface area (TPSA) is 44.1 Å². The molecular weight excluding hydrogens is 232 g/mol. The van der Waals surface area contributed by atoms with Crippen molar-refractivity contribution in [1.29, 1.82) is 5.26 Å². The van der Waals surface area contributed by atoms with E-state index in [9.17, 15) is 4.79 Å². The number of hydrogen-bond donors (Lipinski definition) is 0. The molecule has 1 aromatic carbocycles. The number of hydrogen-bond acceptors (Lipinski definition) is 3. The van der Waals surface area contributed by atoms with E-state index in [0.29, 0.717) is 0 Å². The minimum atomic E-state index is -0.369. The van der Waals surface area contributed by atoms with Crippen LogP contribution in [0.5, 0.6) is 0 Å². The van der Waals surface area contributed by atoms with Gasteiger partial charge in [-0.1, -0.05) is 18.2 Å². The molecule has 0 N–H and O–H groups in total. The van der Waals surface area contributed by atoms with Crippen LogP contribution < -0.4 is 0 Å². The molecule has 0 aromatic heterocycles. The lowest BCUT2D eigenvalue weighted by molar-refractivity contribution is -0.130. The van der Waals surface area contributed by atoms with Gasteiger partial charge in [-0.15, -0.1) is 11.8 Å². The molecule has 0 radical (unpaired) electrons. The van der Waals surface area contributed by atoms with Crippen LogP contribution in [0.25, 0.3) is 0 Å². The number of carbonyl (C=O) groups is 1. The fraction of sp³-hybridized carbons (Fsp3) is 0.385. The van der Waals surface area contributed by atoms with Crippen LogP contribution in [0.2, 0.25) is 0 Å². The lowest BCUT2D eigenvalue weighted by Gasteiger charge is -2.22. The first-order valence-corrected chi connectivity index (χ1v) is 6.42. The Bertz CT molecular complexity index is 456. The van der Waals surface area contributed by atoms with E-state index in [1.54, 1.807) is 25.7 Å². The highest BCUT2D eigenvalue weighted by molar-refractivity contribution is 8.01. The van der Waals surface area contributed by atoms with E-state index in [4.69, 9.17) is 5.26 Å². The second-order valence-electron chi connectivity index (χ2n) is 4.17. The maximum absolute atomic E-state index is 12.2. The smallest absolute Gasteiger partial charge is 0.237 e. The number of amides is 1. The van der Waals surface area contributed by atoms with Gasteiger partial charge >= 0.3 is 0 Å². The third-order valence-electron chi connectivity index (χ3n) is 3.04. The highest BCUT2D eigenvalue weighted by Crippen LogP contribution is 2.37. The van der Waals surface area contributed by atoms with Crippen LogP contribution in [0.15, 0.2) is 29.2 Å². The monoisotopic (exact) mass is 246 g/mol. The summed E-state index contributed by atoms with van der Waals surface area (Å²) in [7, 11) is 1.69. The molecule has 2 rings (SSSR count). The zero-order valence-corrected chi connectivity index (χ0v) is 10.7. The molecule has 0 bridgehead atoms. The molecule has 0 saturated carbocycles. The lowest BCUT2D eigenvalue weighted by atomic mass is 10.1. The van der Waals surface area contributed by atoms with Gasteiger partial charge in [0.15, 0.2) is 0 Å².